The Morgan fingerprint density at radius 2 is 2.10 bits per heavy atom. The van der Waals surface area contributed by atoms with Gasteiger partial charge < -0.3 is 19.5 Å². The Bertz CT molecular complexity index is 1240. The number of nitro groups is 1. The maximum atomic E-state index is 10.9. The van der Waals surface area contributed by atoms with E-state index < -0.39 is 4.92 Å². The van der Waals surface area contributed by atoms with Gasteiger partial charge in [-0.05, 0) is 43.2 Å². The number of fused-ring (bicyclic) bond motifs is 2. The number of nitrogens with zero attached hydrogens (tertiary/aromatic N) is 3. The SMILES string of the molecule is COc1ccc2[nH]c(CN3CCC(Nc4nc5cc([N+](=O)[O-])ccc5o4)CC3)cc2c1. The number of oxazole rings is 1. The molecule has 1 aliphatic heterocycles. The van der Waals surface area contributed by atoms with E-state index in [9.17, 15) is 10.1 Å². The van der Waals surface area contributed by atoms with Gasteiger partial charge in [-0.3, -0.25) is 15.0 Å². The van der Waals surface area contributed by atoms with Crippen LogP contribution in [0.3, 0.4) is 0 Å². The molecule has 0 saturated carbocycles. The second kappa shape index (κ2) is 7.92. The first kappa shape index (κ1) is 19.4. The monoisotopic (exact) mass is 421 g/mol. The van der Waals surface area contributed by atoms with Gasteiger partial charge in [0.1, 0.15) is 11.3 Å². The minimum atomic E-state index is -0.430. The molecule has 4 aromatic rings. The second-order valence-corrected chi connectivity index (χ2v) is 7.87. The molecule has 0 atom stereocenters. The van der Waals surface area contributed by atoms with Crippen molar-refractivity contribution < 1.29 is 14.1 Å². The summed E-state index contributed by atoms with van der Waals surface area (Å²) in [6, 6.07) is 13.3. The third-order valence-corrected chi connectivity index (χ3v) is 5.77. The van der Waals surface area contributed by atoms with E-state index in [1.54, 1.807) is 13.2 Å². The number of nitrogens with one attached hydrogen (secondary N) is 2. The van der Waals surface area contributed by atoms with E-state index in [0.717, 1.165) is 49.1 Å². The molecular weight excluding hydrogens is 398 g/mol. The highest BCUT2D eigenvalue weighted by Crippen LogP contribution is 2.26. The third-order valence-electron chi connectivity index (χ3n) is 5.77. The Labute approximate surface area is 178 Å². The minimum Gasteiger partial charge on any atom is -0.497 e. The normalized spacial score (nSPS) is 15.5. The standard InChI is InChI=1S/C22H23N5O4/c1-30-18-3-4-19-14(11-18)10-16(23-19)13-26-8-6-15(7-9-26)24-22-25-20-12-17(27(28)29)2-5-21(20)31-22/h2-5,10-12,15,23H,6-9,13H2,1H3,(H,24,25). The number of aromatic amines is 1. The van der Waals surface area contributed by atoms with E-state index in [-0.39, 0.29) is 11.7 Å². The number of aromatic nitrogens is 2. The molecule has 0 spiro atoms. The number of piperidine rings is 1. The van der Waals surface area contributed by atoms with Gasteiger partial charge in [0, 0.05) is 54.4 Å². The summed E-state index contributed by atoms with van der Waals surface area (Å²) < 4.78 is 11.0. The molecule has 2 N–H and O–H groups in total. The molecule has 0 unspecified atom stereocenters. The van der Waals surface area contributed by atoms with Crippen molar-refractivity contribution in [2.24, 2.45) is 0 Å². The van der Waals surface area contributed by atoms with Gasteiger partial charge in [0.15, 0.2) is 5.58 Å². The predicted octanol–water partition coefficient (Wildman–Crippen LogP) is 4.30. The van der Waals surface area contributed by atoms with Crippen molar-refractivity contribution in [2.75, 3.05) is 25.5 Å². The zero-order valence-corrected chi connectivity index (χ0v) is 17.1. The van der Waals surface area contributed by atoms with Gasteiger partial charge in [0.2, 0.25) is 0 Å². The maximum absolute atomic E-state index is 10.9. The van der Waals surface area contributed by atoms with Crippen LogP contribution < -0.4 is 10.1 Å². The van der Waals surface area contributed by atoms with E-state index in [4.69, 9.17) is 9.15 Å². The number of rotatable bonds is 6. The highest BCUT2D eigenvalue weighted by Gasteiger charge is 2.21. The van der Waals surface area contributed by atoms with Gasteiger partial charge in [-0.2, -0.15) is 4.98 Å². The molecule has 160 valence electrons. The average molecular weight is 421 g/mol. The van der Waals surface area contributed by atoms with Gasteiger partial charge in [-0.15, -0.1) is 0 Å². The average Bonchev–Trinajstić information content (AvgIpc) is 3.36. The molecule has 1 fully saturated rings. The van der Waals surface area contributed by atoms with E-state index in [0.29, 0.717) is 17.1 Å². The molecule has 31 heavy (non-hydrogen) atoms. The Balaban J connectivity index is 1.19. The molecule has 9 heteroatoms. The van der Waals surface area contributed by atoms with Gasteiger partial charge >= 0.3 is 0 Å². The lowest BCUT2D eigenvalue weighted by molar-refractivity contribution is -0.384. The molecule has 0 aliphatic carbocycles. The van der Waals surface area contributed by atoms with Gasteiger partial charge in [0.25, 0.3) is 11.7 Å². The van der Waals surface area contributed by atoms with Crippen LogP contribution in [0.4, 0.5) is 11.7 Å². The number of non-ortho nitro benzene ring substituents is 1. The Hall–Kier alpha value is -3.59. The van der Waals surface area contributed by atoms with E-state index in [1.807, 2.05) is 18.2 Å². The van der Waals surface area contributed by atoms with Crippen LogP contribution in [0.2, 0.25) is 0 Å². The number of nitro benzene ring substituents is 1. The highest BCUT2D eigenvalue weighted by molar-refractivity contribution is 5.82. The Kier molecular flexibility index (Phi) is 4.95. The molecular formula is C22H23N5O4. The van der Waals surface area contributed by atoms with Crippen LogP contribution in [0.15, 0.2) is 46.9 Å². The summed E-state index contributed by atoms with van der Waals surface area (Å²) >= 11 is 0. The quantitative estimate of drug-likeness (QED) is 0.353. The number of likely N-dealkylation sites (tertiary alicyclic amines) is 1. The van der Waals surface area contributed by atoms with E-state index >= 15 is 0 Å². The third kappa shape index (κ3) is 4.04. The van der Waals surface area contributed by atoms with Crippen LogP contribution in [0.25, 0.3) is 22.0 Å². The fourth-order valence-electron chi connectivity index (χ4n) is 4.13. The summed E-state index contributed by atoms with van der Waals surface area (Å²) in [5.74, 6) is 0.860. The fourth-order valence-corrected chi connectivity index (χ4v) is 4.13. The largest absolute Gasteiger partial charge is 0.497 e. The van der Waals surface area contributed by atoms with Crippen molar-refractivity contribution in [3.8, 4) is 5.75 Å². The number of ether oxygens (including phenoxy) is 1. The van der Waals surface area contributed by atoms with Gasteiger partial charge in [-0.25, -0.2) is 0 Å². The first-order valence-electron chi connectivity index (χ1n) is 10.3. The summed E-state index contributed by atoms with van der Waals surface area (Å²) in [6.07, 6.45) is 1.93. The lowest BCUT2D eigenvalue weighted by Gasteiger charge is -2.31. The van der Waals surface area contributed by atoms with Crippen molar-refractivity contribution >= 4 is 33.7 Å². The van der Waals surface area contributed by atoms with Crippen molar-refractivity contribution in [1.82, 2.24) is 14.9 Å². The zero-order chi connectivity index (χ0) is 21.4. The summed E-state index contributed by atoms with van der Waals surface area (Å²) in [5, 5.41) is 15.4. The van der Waals surface area contributed by atoms with E-state index in [2.05, 4.69) is 26.3 Å². The second-order valence-electron chi connectivity index (χ2n) is 7.87. The topological polar surface area (TPSA) is 109 Å². The van der Waals surface area contributed by atoms with Crippen LogP contribution in [0.5, 0.6) is 5.75 Å². The first-order valence-corrected chi connectivity index (χ1v) is 10.3. The molecule has 9 nitrogen and oxygen atoms in total. The summed E-state index contributed by atoms with van der Waals surface area (Å²) in [7, 11) is 1.68. The highest BCUT2D eigenvalue weighted by atomic mass is 16.6. The number of hydrogen-bond acceptors (Lipinski definition) is 7. The van der Waals surface area contributed by atoms with Crippen molar-refractivity contribution in [3.05, 3.63) is 58.3 Å². The predicted molar refractivity (Wildman–Crippen MR) is 117 cm³/mol. The van der Waals surface area contributed by atoms with Crippen LogP contribution in [-0.4, -0.2) is 46.0 Å². The molecule has 0 radical (unpaired) electrons. The van der Waals surface area contributed by atoms with Crippen molar-refractivity contribution in [2.45, 2.75) is 25.4 Å². The summed E-state index contributed by atoms with van der Waals surface area (Å²) in [5.41, 5.74) is 3.35. The molecule has 0 amide bonds. The maximum Gasteiger partial charge on any atom is 0.295 e. The van der Waals surface area contributed by atoms with Crippen LogP contribution in [0.1, 0.15) is 18.5 Å². The first-order chi connectivity index (χ1) is 15.1. The summed E-state index contributed by atoms with van der Waals surface area (Å²) in [4.78, 5) is 20.8. The molecule has 2 aromatic heterocycles. The van der Waals surface area contributed by atoms with Crippen LogP contribution in [0, 0.1) is 10.1 Å². The van der Waals surface area contributed by atoms with Crippen molar-refractivity contribution in [3.63, 3.8) is 0 Å². The van der Waals surface area contributed by atoms with Gasteiger partial charge in [0.05, 0.1) is 12.0 Å². The Morgan fingerprint density at radius 3 is 2.87 bits per heavy atom. The number of benzene rings is 2. The number of methoxy groups -OCH3 is 1. The molecule has 1 aliphatic rings. The lowest BCUT2D eigenvalue weighted by atomic mass is 10.1. The smallest absolute Gasteiger partial charge is 0.295 e. The van der Waals surface area contributed by atoms with Crippen LogP contribution >= 0.6 is 0 Å². The molecule has 1 saturated heterocycles. The molecule has 0 bridgehead atoms. The minimum absolute atomic E-state index is 0.0103. The van der Waals surface area contributed by atoms with Crippen molar-refractivity contribution in [1.29, 1.82) is 0 Å². The molecule has 5 rings (SSSR count). The fraction of sp³-hybridized carbons (Fsp3) is 0.318. The van der Waals surface area contributed by atoms with Crippen LogP contribution in [-0.2, 0) is 6.54 Å². The Morgan fingerprint density at radius 1 is 1.26 bits per heavy atom. The van der Waals surface area contributed by atoms with E-state index in [1.165, 1.54) is 17.8 Å². The zero-order valence-electron chi connectivity index (χ0n) is 17.1. The molecule has 3 heterocycles. The lowest BCUT2D eigenvalue weighted by Crippen LogP contribution is -2.38. The van der Waals surface area contributed by atoms with Gasteiger partial charge in [-0.1, -0.05) is 0 Å². The number of anilines is 1. The molecule has 2 aromatic carbocycles. The summed E-state index contributed by atoms with van der Waals surface area (Å²) in [6.45, 7) is 2.79. The number of H-pyrrole nitrogens is 1. The number of hydrogen-bond donors (Lipinski definition) is 2.